The summed E-state index contributed by atoms with van der Waals surface area (Å²) < 4.78 is 5.62. The molecule has 532 valence electrons. The standard InChI is InChI=1S/C55H85N13O27/c69-17-16-56-46(83)33(22-70)65-51(88)38(27-75)62-43(80)19-58-48(85)35(24-72)67-53(90)40(29-77)64-45(82)21-59-49(86)36(25-73)68-52(89)39(28-76)63-44(81)20-57-47(84)34(23-71)66-50(87)37(26-74)61-42(79)15-14-32(55(93)94)60-41(78)9-7-5-3-1-2-4-6-8-18-95-31-12-10-30(11-13-31)54(91)92/h10-13,17,32-40,70-77H,1-9,14-16,18-29H2,(H,56,83)(H,57,84)(H,58,85)(H,59,86)(H,60,78)(H,61,79)(H,62,80)(H,63,81)(H,64,82)(H,65,88)(H,66,87)(H,67,90)(H,68,89)(H,91,92)(H,93,94)/t32-,33-,34-,35-,36-,37-,38-,39-,40-/m0/s1. The van der Waals surface area contributed by atoms with Crippen LogP contribution in [0.15, 0.2) is 24.3 Å². The number of rotatable bonds is 50. The number of aldehydes is 1. The largest absolute Gasteiger partial charge is 0.494 e. The number of nitrogens with one attached hydrogen (secondary N) is 13. The first-order chi connectivity index (χ1) is 45.3. The van der Waals surface area contributed by atoms with Crippen LogP contribution in [-0.2, 0) is 71.9 Å². The van der Waals surface area contributed by atoms with Gasteiger partial charge in [0.05, 0.1) is 91.2 Å². The first-order valence-corrected chi connectivity index (χ1v) is 29.5. The molecule has 95 heavy (non-hydrogen) atoms. The number of benzene rings is 1. The van der Waals surface area contributed by atoms with Gasteiger partial charge in [0.25, 0.3) is 0 Å². The van der Waals surface area contributed by atoms with E-state index in [2.05, 4.69) is 16.0 Å². The molecule has 9 atom stereocenters. The molecule has 40 nitrogen and oxygen atoms in total. The second-order valence-electron chi connectivity index (χ2n) is 20.5. The number of aromatic carboxylic acids is 1. The number of aliphatic hydroxyl groups excluding tert-OH is 8. The molecule has 0 saturated heterocycles. The molecule has 0 aliphatic rings. The summed E-state index contributed by atoms with van der Waals surface area (Å²) in [6.07, 6.45) is 5.93. The van der Waals surface area contributed by atoms with Gasteiger partial charge in [-0.15, -0.1) is 0 Å². The number of aliphatic hydroxyl groups is 8. The number of carboxylic acids is 2. The maximum absolute atomic E-state index is 12.9. The van der Waals surface area contributed by atoms with Crippen molar-refractivity contribution in [2.45, 2.75) is 125 Å². The molecule has 0 aliphatic carbocycles. The van der Waals surface area contributed by atoms with Crippen molar-refractivity contribution in [3.63, 3.8) is 0 Å². The van der Waals surface area contributed by atoms with Crippen LogP contribution in [0, 0.1) is 0 Å². The van der Waals surface area contributed by atoms with Gasteiger partial charge in [0.15, 0.2) is 0 Å². The van der Waals surface area contributed by atoms with Crippen molar-refractivity contribution in [2.75, 3.05) is 85.6 Å². The molecule has 1 rings (SSSR count). The fourth-order valence-electron chi connectivity index (χ4n) is 7.91. The SMILES string of the molecule is O=CCNC(=O)[C@H](CO)NC(=O)[C@H](CO)NC(=O)CNC(=O)[C@H](CO)NC(=O)[C@H](CO)NC(=O)CNC(=O)[C@H](CO)NC(=O)[C@H](CO)NC(=O)CNC(=O)[C@H](CO)NC(=O)[C@H](CO)NC(=O)CC[C@H](NC(=O)CCCCCCCCCCOc1ccc(C(=O)O)cc1)C(=O)O. The van der Waals surface area contributed by atoms with E-state index in [1.807, 2.05) is 53.2 Å². The Bertz CT molecular complexity index is 2730. The molecular formula is C55H85N13O27. The van der Waals surface area contributed by atoms with Crippen molar-refractivity contribution in [1.82, 2.24) is 69.1 Å². The van der Waals surface area contributed by atoms with Crippen LogP contribution in [-0.4, -0.2) is 286 Å². The van der Waals surface area contributed by atoms with E-state index in [0.29, 0.717) is 31.5 Å². The monoisotopic (exact) mass is 1360 g/mol. The zero-order valence-corrected chi connectivity index (χ0v) is 51.5. The second kappa shape index (κ2) is 47.3. The molecule has 1 aromatic carbocycles. The van der Waals surface area contributed by atoms with Crippen LogP contribution < -0.4 is 73.9 Å². The van der Waals surface area contributed by atoms with Gasteiger partial charge >= 0.3 is 11.9 Å². The lowest BCUT2D eigenvalue weighted by Crippen LogP contribution is -2.59. The van der Waals surface area contributed by atoms with Crippen LogP contribution in [0.25, 0.3) is 0 Å². The Labute approximate surface area is 541 Å². The Morgan fingerprint density at radius 3 is 0.968 bits per heavy atom. The number of ether oxygens (including phenoxy) is 1. The van der Waals surface area contributed by atoms with E-state index in [0.717, 1.165) is 38.5 Å². The fraction of sp³-hybridized carbons (Fsp3) is 0.600. The quantitative estimate of drug-likeness (QED) is 0.0213. The Balaban J connectivity index is 2.57. The number of carboxylic acid groups (broad SMARTS) is 2. The predicted molar refractivity (Wildman–Crippen MR) is 319 cm³/mol. The first-order valence-electron chi connectivity index (χ1n) is 29.5. The maximum atomic E-state index is 12.9. The lowest BCUT2D eigenvalue weighted by Gasteiger charge is -2.22. The van der Waals surface area contributed by atoms with Gasteiger partial charge in [-0.25, -0.2) is 9.59 Å². The smallest absolute Gasteiger partial charge is 0.335 e. The van der Waals surface area contributed by atoms with E-state index < -0.39 is 235 Å². The topological polar surface area (TPSA) is 641 Å². The highest BCUT2D eigenvalue weighted by Crippen LogP contribution is 2.15. The van der Waals surface area contributed by atoms with Crippen molar-refractivity contribution < 1.29 is 133 Å². The summed E-state index contributed by atoms with van der Waals surface area (Å²) in [5.41, 5.74) is 0.166. The molecule has 1 aromatic rings. The lowest BCUT2D eigenvalue weighted by molar-refractivity contribution is -0.142. The molecule has 0 spiro atoms. The van der Waals surface area contributed by atoms with Crippen molar-refractivity contribution in [1.29, 1.82) is 0 Å². The maximum Gasteiger partial charge on any atom is 0.335 e. The molecule has 13 amide bonds. The fourth-order valence-corrected chi connectivity index (χ4v) is 7.91. The highest BCUT2D eigenvalue weighted by molar-refractivity contribution is 5.98. The third kappa shape index (κ3) is 33.7. The van der Waals surface area contributed by atoms with Crippen LogP contribution in [0.3, 0.4) is 0 Å². The van der Waals surface area contributed by atoms with Gasteiger partial charge in [0, 0.05) is 12.8 Å². The minimum absolute atomic E-state index is 0.0182. The number of hydrogen-bond donors (Lipinski definition) is 23. The van der Waals surface area contributed by atoms with Crippen LogP contribution in [0.2, 0.25) is 0 Å². The molecule has 23 N–H and O–H groups in total. The van der Waals surface area contributed by atoms with Crippen LogP contribution in [0.5, 0.6) is 5.75 Å². The van der Waals surface area contributed by atoms with Gasteiger partial charge in [-0.3, -0.25) is 62.3 Å². The number of amides is 13. The Hall–Kier alpha value is -9.58. The van der Waals surface area contributed by atoms with Crippen LogP contribution >= 0.6 is 0 Å². The number of carbonyl (C=O) groups is 16. The van der Waals surface area contributed by atoms with Gasteiger partial charge in [0.1, 0.15) is 66.4 Å². The van der Waals surface area contributed by atoms with Gasteiger partial charge < -0.3 is 130 Å². The highest BCUT2D eigenvalue weighted by atomic mass is 16.5. The normalized spacial score (nSPS) is 13.6. The summed E-state index contributed by atoms with van der Waals surface area (Å²) in [4.78, 5) is 198. The Morgan fingerprint density at radius 1 is 0.347 bits per heavy atom. The van der Waals surface area contributed by atoms with E-state index >= 15 is 0 Å². The number of carbonyl (C=O) groups excluding carboxylic acids is 14. The third-order valence-electron chi connectivity index (χ3n) is 13.2. The molecule has 0 heterocycles. The Kier molecular flexibility index (Phi) is 41.6. The molecule has 0 aromatic heterocycles. The third-order valence-corrected chi connectivity index (χ3v) is 13.2. The van der Waals surface area contributed by atoms with Crippen LogP contribution in [0.4, 0.5) is 0 Å². The number of unbranched alkanes of at least 4 members (excludes halogenated alkanes) is 7. The van der Waals surface area contributed by atoms with E-state index in [9.17, 15) is 123 Å². The van der Waals surface area contributed by atoms with Crippen molar-refractivity contribution in [3.8, 4) is 5.75 Å². The van der Waals surface area contributed by atoms with E-state index in [-0.39, 0.29) is 12.0 Å². The zero-order valence-electron chi connectivity index (χ0n) is 51.5. The van der Waals surface area contributed by atoms with Gasteiger partial charge in [-0.1, -0.05) is 38.5 Å². The molecule has 0 radical (unpaired) electrons. The second-order valence-corrected chi connectivity index (χ2v) is 20.5. The lowest BCUT2D eigenvalue weighted by atomic mass is 10.1. The highest BCUT2D eigenvalue weighted by Gasteiger charge is 2.32. The van der Waals surface area contributed by atoms with Gasteiger partial charge in [-0.05, 0) is 43.5 Å². The molecule has 0 fully saturated rings. The molecule has 0 saturated carbocycles. The zero-order chi connectivity index (χ0) is 71.4. The summed E-state index contributed by atoms with van der Waals surface area (Å²) in [5, 5.41) is 123. The molecule has 0 unspecified atom stereocenters. The first kappa shape index (κ1) is 83.4. The number of aliphatic carboxylic acids is 1. The Morgan fingerprint density at radius 2 is 0.642 bits per heavy atom. The van der Waals surface area contributed by atoms with Gasteiger partial charge in [-0.2, -0.15) is 0 Å². The average Bonchev–Trinajstić information content (AvgIpc) is 2.52. The average molecular weight is 1360 g/mol. The summed E-state index contributed by atoms with van der Waals surface area (Å²) in [6.45, 7) is -11.7. The molecule has 0 bridgehead atoms. The van der Waals surface area contributed by atoms with Crippen molar-refractivity contribution >= 4 is 95.0 Å². The predicted octanol–water partition coefficient (Wildman–Crippen LogP) is -11.9. The molecule has 40 heteroatoms. The summed E-state index contributed by atoms with van der Waals surface area (Å²) in [7, 11) is 0. The van der Waals surface area contributed by atoms with Crippen molar-refractivity contribution in [2.24, 2.45) is 0 Å². The van der Waals surface area contributed by atoms with E-state index in [4.69, 9.17) is 9.84 Å². The molecular weight excluding hydrogens is 1270 g/mol. The minimum atomic E-state index is -1.89. The summed E-state index contributed by atoms with van der Waals surface area (Å²) in [5.74, 6) is -16.7. The van der Waals surface area contributed by atoms with Crippen LogP contribution in [0.1, 0.15) is 81.0 Å². The summed E-state index contributed by atoms with van der Waals surface area (Å²) >= 11 is 0. The summed E-state index contributed by atoms with van der Waals surface area (Å²) in [6, 6.07) is -9.78. The van der Waals surface area contributed by atoms with Crippen molar-refractivity contribution in [3.05, 3.63) is 29.8 Å². The van der Waals surface area contributed by atoms with E-state index in [1.54, 1.807) is 12.1 Å². The van der Waals surface area contributed by atoms with E-state index in [1.165, 1.54) is 12.1 Å². The van der Waals surface area contributed by atoms with Gasteiger partial charge in [0.2, 0.25) is 76.8 Å². The minimum Gasteiger partial charge on any atom is -0.494 e. The molecule has 0 aliphatic heterocycles. The number of hydrogen-bond acceptors (Lipinski definition) is 25.